The molecule has 0 unspecified atom stereocenters. The van der Waals surface area contributed by atoms with Gasteiger partial charge in [0.2, 0.25) is 5.91 Å². The van der Waals surface area contributed by atoms with Crippen LogP contribution in [0, 0.1) is 0 Å². The van der Waals surface area contributed by atoms with Crippen molar-refractivity contribution in [1.29, 1.82) is 0 Å². The van der Waals surface area contributed by atoms with Gasteiger partial charge in [0.25, 0.3) is 0 Å². The molecule has 1 aromatic heterocycles. The summed E-state index contributed by atoms with van der Waals surface area (Å²) >= 11 is 3.36. The number of amides is 1. The Hall–Kier alpha value is -2.67. The third-order valence-corrected chi connectivity index (χ3v) is 3.61. The van der Waals surface area contributed by atoms with Crippen molar-refractivity contribution >= 4 is 27.5 Å². The first kappa shape index (κ1) is 15.2. The highest BCUT2D eigenvalue weighted by Gasteiger charge is 2.08. The highest BCUT2D eigenvalue weighted by atomic mass is 79.9. The number of H-pyrrole nitrogens is 1. The van der Waals surface area contributed by atoms with Gasteiger partial charge in [0.1, 0.15) is 0 Å². The first-order valence-electron chi connectivity index (χ1n) is 6.81. The summed E-state index contributed by atoms with van der Waals surface area (Å²) in [4.78, 5) is 25.6. The minimum atomic E-state index is -0.613. The zero-order valence-electron chi connectivity index (χ0n) is 11.9. The van der Waals surface area contributed by atoms with Gasteiger partial charge in [-0.05, 0) is 29.8 Å². The third kappa shape index (κ3) is 3.95. The van der Waals surface area contributed by atoms with Crippen molar-refractivity contribution in [1.82, 2.24) is 10.1 Å². The van der Waals surface area contributed by atoms with E-state index in [-0.39, 0.29) is 12.3 Å². The van der Waals surface area contributed by atoms with Gasteiger partial charge in [-0.3, -0.25) is 14.3 Å². The summed E-state index contributed by atoms with van der Waals surface area (Å²) in [6.45, 7) is 0. The number of nitrogens with one attached hydrogen (secondary N) is 2. The molecule has 7 heteroatoms. The molecule has 0 bridgehead atoms. The molecule has 0 radical (unpaired) electrons. The van der Waals surface area contributed by atoms with Crippen molar-refractivity contribution in [3.63, 3.8) is 0 Å². The van der Waals surface area contributed by atoms with Gasteiger partial charge in [-0.25, -0.2) is 4.79 Å². The Morgan fingerprint density at radius 2 is 2.04 bits per heavy atom. The minimum Gasteiger partial charge on any atom is -0.326 e. The lowest BCUT2D eigenvalue weighted by molar-refractivity contribution is -0.115. The number of nitrogens with zero attached hydrogens (tertiary/aromatic N) is 1. The highest BCUT2D eigenvalue weighted by Crippen LogP contribution is 2.18. The number of carbonyl (C=O) groups excluding carboxylic acids is 1. The van der Waals surface area contributed by atoms with Crippen LogP contribution in [0.2, 0.25) is 0 Å². The fraction of sp³-hybridized carbons (Fsp3) is 0.0625. The Bertz CT molecular complexity index is 901. The number of rotatable bonds is 4. The average Bonchev–Trinajstić information content (AvgIpc) is 2.94. The number of hydrogen-bond donors (Lipinski definition) is 2. The first-order chi connectivity index (χ1) is 11.1. The summed E-state index contributed by atoms with van der Waals surface area (Å²) in [5.41, 5.74) is 2.21. The van der Waals surface area contributed by atoms with Crippen LogP contribution in [0.1, 0.15) is 5.56 Å². The van der Waals surface area contributed by atoms with Gasteiger partial charge >= 0.3 is 5.76 Å². The highest BCUT2D eigenvalue weighted by molar-refractivity contribution is 9.10. The maximum atomic E-state index is 12.1. The quantitative estimate of drug-likeness (QED) is 0.735. The Kier molecular flexibility index (Phi) is 4.38. The molecular formula is C16H12BrN3O3. The van der Waals surface area contributed by atoms with E-state index in [1.165, 1.54) is 0 Å². The Morgan fingerprint density at radius 3 is 2.78 bits per heavy atom. The topological polar surface area (TPSA) is 88.0 Å². The second kappa shape index (κ2) is 6.62. The fourth-order valence-corrected chi connectivity index (χ4v) is 2.54. The largest absolute Gasteiger partial charge is 0.439 e. The number of aromatic nitrogens is 2. The molecule has 3 aromatic rings. The molecule has 0 fully saturated rings. The molecule has 1 heterocycles. The maximum Gasteiger partial charge on any atom is 0.439 e. The van der Waals surface area contributed by atoms with Crippen molar-refractivity contribution < 1.29 is 9.32 Å². The smallest absolute Gasteiger partial charge is 0.326 e. The standard InChI is InChI=1S/C16H12BrN3O3/c17-12-5-2-6-13(9-12)18-14(21)8-10-3-1-4-11(7-10)15-19-16(22)23-20-15/h1-7,9H,8H2,(H,18,21)(H,19,20,22). The lowest BCUT2D eigenvalue weighted by Crippen LogP contribution is -2.14. The molecule has 2 aromatic carbocycles. The van der Waals surface area contributed by atoms with Crippen molar-refractivity contribution in [2.75, 3.05) is 5.32 Å². The minimum absolute atomic E-state index is 0.131. The number of hydrogen-bond acceptors (Lipinski definition) is 4. The maximum absolute atomic E-state index is 12.1. The van der Waals surface area contributed by atoms with Gasteiger partial charge < -0.3 is 5.32 Å². The molecule has 0 atom stereocenters. The molecule has 0 saturated carbocycles. The second-order valence-corrected chi connectivity index (χ2v) is 5.79. The Labute approximate surface area is 139 Å². The summed E-state index contributed by atoms with van der Waals surface area (Å²) in [5.74, 6) is -0.407. The molecule has 3 rings (SSSR count). The number of aromatic amines is 1. The van der Waals surface area contributed by atoms with E-state index in [0.29, 0.717) is 11.4 Å². The van der Waals surface area contributed by atoms with Crippen LogP contribution in [0.15, 0.2) is 62.3 Å². The van der Waals surface area contributed by atoms with E-state index in [1.54, 1.807) is 18.2 Å². The monoisotopic (exact) mass is 373 g/mol. The molecule has 116 valence electrons. The predicted octanol–water partition coefficient (Wildman–Crippen LogP) is 2.97. The molecule has 0 saturated heterocycles. The van der Waals surface area contributed by atoms with Gasteiger partial charge in [0.05, 0.1) is 6.42 Å². The Balaban J connectivity index is 1.72. The number of halogens is 1. The molecule has 0 aliphatic heterocycles. The molecule has 0 aliphatic carbocycles. The first-order valence-corrected chi connectivity index (χ1v) is 7.60. The van der Waals surface area contributed by atoms with Gasteiger partial charge in [0, 0.05) is 15.7 Å². The van der Waals surface area contributed by atoms with Crippen molar-refractivity contribution in [3.05, 3.63) is 69.1 Å². The van der Waals surface area contributed by atoms with Crippen LogP contribution in [0.25, 0.3) is 11.4 Å². The van der Waals surface area contributed by atoms with Gasteiger partial charge in [-0.15, -0.1) is 0 Å². The van der Waals surface area contributed by atoms with Crippen LogP contribution in [-0.4, -0.2) is 16.0 Å². The van der Waals surface area contributed by atoms with Gasteiger partial charge in [-0.2, -0.15) is 0 Å². The summed E-state index contributed by atoms with van der Waals surface area (Å²) in [7, 11) is 0. The van der Waals surface area contributed by atoms with E-state index >= 15 is 0 Å². The van der Waals surface area contributed by atoms with E-state index in [1.807, 2.05) is 30.3 Å². The second-order valence-electron chi connectivity index (χ2n) is 4.88. The van der Waals surface area contributed by atoms with E-state index in [2.05, 4.69) is 35.9 Å². The number of benzene rings is 2. The van der Waals surface area contributed by atoms with Crippen LogP contribution in [0.4, 0.5) is 5.69 Å². The van der Waals surface area contributed by atoms with Gasteiger partial charge in [-0.1, -0.05) is 45.4 Å². The van der Waals surface area contributed by atoms with Crippen LogP contribution in [0.3, 0.4) is 0 Å². The molecule has 6 nitrogen and oxygen atoms in total. The van der Waals surface area contributed by atoms with Crippen molar-refractivity contribution in [2.45, 2.75) is 6.42 Å². The lowest BCUT2D eigenvalue weighted by atomic mass is 10.1. The van der Waals surface area contributed by atoms with E-state index < -0.39 is 5.76 Å². The van der Waals surface area contributed by atoms with Crippen LogP contribution >= 0.6 is 15.9 Å². The van der Waals surface area contributed by atoms with Crippen LogP contribution in [-0.2, 0) is 11.2 Å². The number of anilines is 1. The summed E-state index contributed by atoms with van der Waals surface area (Å²) in [6, 6.07) is 14.6. The van der Waals surface area contributed by atoms with Crippen LogP contribution in [0.5, 0.6) is 0 Å². The summed E-state index contributed by atoms with van der Waals surface area (Å²) in [6.07, 6.45) is 0.211. The van der Waals surface area contributed by atoms with Crippen LogP contribution < -0.4 is 11.1 Å². The molecule has 23 heavy (non-hydrogen) atoms. The normalized spacial score (nSPS) is 10.5. The zero-order chi connectivity index (χ0) is 16.2. The Morgan fingerprint density at radius 1 is 1.22 bits per heavy atom. The molecular weight excluding hydrogens is 362 g/mol. The summed E-state index contributed by atoms with van der Waals surface area (Å²) in [5, 5.41) is 6.47. The third-order valence-electron chi connectivity index (χ3n) is 3.11. The summed E-state index contributed by atoms with van der Waals surface area (Å²) < 4.78 is 5.38. The zero-order valence-corrected chi connectivity index (χ0v) is 13.5. The lowest BCUT2D eigenvalue weighted by Gasteiger charge is -2.06. The molecule has 0 spiro atoms. The number of carbonyl (C=O) groups is 1. The van der Waals surface area contributed by atoms with Gasteiger partial charge in [0.15, 0.2) is 5.82 Å². The van der Waals surface area contributed by atoms with E-state index in [0.717, 1.165) is 15.7 Å². The average molecular weight is 374 g/mol. The van der Waals surface area contributed by atoms with Crippen molar-refractivity contribution in [2.24, 2.45) is 0 Å². The molecule has 1 amide bonds. The van der Waals surface area contributed by atoms with E-state index in [4.69, 9.17) is 0 Å². The van der Waals surface area contributed by atoms with Crippen molar-refractivity contribution in [3.8, 4) is 11.4 Å². The van der Waals surface area contributed by atoms with E-state index in [9.17, 15) is 9.59 Å². The molecule has 2 N–H and O–H groups in total. The fourth-order valence-electron chi connectivity index (χ4n) is 2.14. The molecule has 0 aliphatic rings. The predicted molar refractivity (Wildman–Crippen MR) is 89.0 cm³/mol. The SMILES string of the molecule is O=C(Cc1cccc(-c2noc(=O)[nH]2)c1)Nc1cccc(Br)c1.